The molecule has 0 amide bonds. The topological polar surface area (TPSA) is 101 Å². The Morgan fingerprint density at radius 2 is 1.93 bits per heavy atom. The van der Waals surface area contributed by atoms with E-state index in [4.69, 9.17) is 15.9 Å². The van der Waals surface area contributed by atoms with E-state index in [2.05, 4.69) is 19.9 Å². The van der Waals surface area contributed by atoms with Gasteiger partial charge in [0.25, 0.3) is 0 Å². The van der Waals surface area contributed by atoms with Crippen LogP contribution in [-0.2, 0) is 4.74 Å². The molecule has 0 atom stereocenters. The number of rotatable bonds is 4. The Hall–Kier alpha value is -3.32. The minimum absolute atomic E-state index is 0.273. The lowest BCUT2D eigenvalue weighted by Crippen LogP contribution is -2.36. The zero-order valence-electron chi connectivity index (χ0n) is 14.8. The number of morpholine rings is 1. The molecule has 3 aromatic rings. The maximum Gasteiger partial charge on any atom is 0.132 e. The Bertz CT molecular complexity index is 954. The van der Waals surface area contributed by atoms with Crippen molar-refractivity contribution in [2.75, 3.05) is 36.9 Å². The molecular weight excluding hydrogens is 340 g/mol. The van der Waals surface area contributed by atoms with Crippen molar-refractivity contribution in [3.05, 3.63) is 66.4 Å². The minimum Gasteiger partial charge on any atom is -0.398 e. The van der Waals surface area contributed by atoms with Crippen molar-refractivity contribution >= 4 is 17.2 Å². The Labute approximate surface area is 157 Å². The smallest absolute Gasteiger partial charge is 0.132 e. The van der Waals surface area contributed by atoms with Crippen LogP contribution in [-0.4, -0.2) is 47.0 Å². The molecule has 0 saturated carbocycles. The molecule has 1 aromatic carbocycles. The summed E-state index contributed by atoms with van der Waals surface area (Å²) in [6, 6.07) is 11.4. The zero-order valence-corrected chi connectivity index (χ0v) is 14.8. The maximum absolute atomic E-state index is 8.65. The van der Waals surface area contributed by atoms with Gasteiger partial charge in [-0.2, -0.15) is 0 Å². The lowest BCUT2D eigenvalue weighted by Gasteiger charge is -2.27. The first kappa shape index (κ1) is 17.1. The predicted octanol–water partition coefficient (Wildman–Crippen LogP) is 2.37. The summed E-state index contributed by atoms with van der Waals surface area (Å²) >= 11 is 0. The summed E-state index contributed by atoms with van der Waals surface area (Å²) in [6.07, 6.45) is 5.02. The number of hydrogen-bond donors (Lipinski definition) is 2. The molecule has 1 fully saturated rings. The number of nitrogens with zero attached hydrogens (tertiary/aromatic N) is 4. The van der Waals surface area contributed by atoms with Crippen molar-refractivity contribution < 1.29 is 4.74 Å². The SMILES string of the molecule is N=C(c1cc(N2CCOCC2)ncn1)c1cc(-c2cccnc2)ccc1N. The fourth-order valence-electron chi connectivity index (χ4n) is 3.07. The summed E-state index contributed by atoms with van der Waals surface area (Å²) in [5, 5.41) is 8.65. The summed E-state index contributed by atoms with van der Waals surface area (Å²) < 4.78 is 5.39. The summed E-state index contributed by atoms with van der Waals surface area (Å²) in [7, 11) is 0. The number of nitrogens with one attached hydrogen (secondary N) is 1. The fourth-order valence-corrected chi connectivity index (χ4v) is 3.07. The standard InChI is InChI=1S/C20H20N6O/c21-17-4-3-14(15-2-1-5-23-12-15)10-16(17)20(22)18-11-19(25-13-24-18)26-6-8-27-9-7-26/h1-5,10-13,22H,6-9,21H2. The fraction of sp³-hybridized carbons (Fsp3) is 0.200. The summed E-state index contributed by atoms with van der Waals surface area (Å²) in [5.74, 6) is 0.801. The normalized spacial score (nSPS) is 14.1. The largest absolute Gasteiger partial charge is 0.398 e. The summed E-state index contributed by atoms with van der Waals surface area (Å²) in [6.45, 7) is 2.92. The molecular formula is C20H20N6O. The highest BCUT2D eigenvalue weighted by molar-refractivity contribution is 6.13. The van der Waals surface area contributed by atoms with Gasteiger partial charge >= 0.3 is 0 Å². The van der Waals surface area contributed by atoms with Crippen LogP contribution in [0.2, 0.25) is 0 Å². The first-order valence-corrected chi connectivity index (χ1v) is 8.76. The molecule has 3 N–H and O–H groups in total. The first-order chi connectivity index (χ1) is 13.2. The van der Waals surface area contributed by atoms with E-state index in [0.717, 1.165) is 30.0 Å². The second-order valence-corrected chi connectivity index (χ2v) is 6.28. The van der Waals surface area contributed by atoms with Crippen LogP contribution in [0.25, 0.3) is 11.1 Å². The van der Waals surface area contributed by atoms with Gasteiger partial charge in [-0.3, -0.25) is 10.4 Å². The van der Waals surface area contributed by atoms with Crippen molar-refractivity contribution in [1.29, 1.82) is 5.41 Å². The lowest BCUT2D eigenvalue weighted by atomic mass is 9.99. The lowest BCUT2D eigenvalue weighted by molar-refractivity contribution is 0.122. The molecule has 3 heterocycles. The molecule has 0 unspecified atom stereocenters. The Morgan fingerprint density at radius 1 is 1.07 bits per heavy atom. The molecule has 7 nitrogen and oxygen atoms in total. The predicted molar refractivity (Wildman–Crippen MR) is 105 cm³/mol. The van der Waals surface area contributed by atoms with E-state index in [0.29, 0.717) is 30.2 Å². The number of hydrogen-bond acceptors (Lipinski definition) is 7. The van der Waals surface area contributed by atoms with Gasteiger partial charge in [-0.05, 0) is 23.8 Å². The van der Waals surface area contributed by atoms with Crippen molar-refractivity contribution in [3.63, 3.8) is 0 Å². The average molecular weight is 360 g/mol. The van der Waals surface area contributed by atoms with Gasteiger partial charge in [-0.1, -0.05) is 12.1 Å². The highest BCUT2D eigenvalue weighted by atomic mass is 16.5. The zero-order chi connectivity index (χ0) is 18.6. The average Bonchev–Trinajstić information content (AvgIpc) is 2.75. The third-order valence-corrected chi connectivity index (χ3v) is 4.56. The van der Waals surface area contributed by atoms with Crippen LogP contribution >= 0.6 is 0 Å². The van der Waals surface area contributed by atoms with Crippen LogP contribution in [0.1, 0.15) is 11.3 Å². The van der Waals surface area contributed by atoms with Gasteiger partial charge < -0.3 is 15.4 Å². The number of nitrogens with two attached hydrogens (primary N) is 1. The number of benzene rings is 1. The molecule has 136 valence electrons. The molecule has 2 aromatic heterocycles. The molecule has 1 aliphatic heterocycles. The van der Waals surface area contributed by atoms with E-state index in [9.17, 15) is 0 Å². The van der Waals surface area contributed by atoms with Crippen LogP contribution in [0.15, 0.2) is 55.1 Å². The van der Waals surface area contributed by atoms with Crippen molar-refractivity contribution in [3.8, 4) is 11.1 Å². The molecule has 1 aliphatic rings. The van der Waals surface area contributed by atoms with E-state index in [1.165, 1.54) is 6.33 Å². The quantitative estimate of drug-likeness (QED) is 0.547. The van der Waals surface area contributed by atoms with Gasteiger partial charge in [0.05, 0.1) is 24.6 Å². The molecule has 0 spiro atoms. The van der Waals surface area contributed by atoms with Crippen LogP contribution < -0.4 is 10.6 Å². The first-order valence-electron chi connectivity index (χ1n) is 8.76. The summed E-state index contributed by atoms with van der Waals surface area (Å²) in [5.41, 5.74) is 10.1. The Morgan fingerprint density at radius 3 is 2.70 bits per heavy atom. The second kappa shape index (κ2) is 7.51. The van der Waals surface area contributed by atoms with E-state index in [1.807, 2.05) is 36.4 Å². The van der Waals surface area contributed by atoms with Gasteiger partial charge in [0.1, 0.15) is 12.1 Å². The second-order valence-electron chi connectivity index (χ2n) is 6.28. The van der Waals surface area contributed by atoms with Gasteiger partial charge in [0, 0.05) is 48.4 Å². The van der Waals surface area contributed by atoms with Crippen molar-refractivity contribution in [1.82, 2.24) is 15.0 Å². The molecule has 7 heteroatoms. The highest BCUT2D eigenvalue weighted by Crippen LogP contribution is 2.25. The molecule has 1 saturated heterocycles. The number of ether oxygens (including phenoxy) is 1. The maximum atomic E-state index is 8.65. The molecule has 0 bridgehead atoms. The van der Waals surface area contributed by atoms with Gasteiger partial charge in [-0.15, -0.1) is 0 Å². The van der Waals surface area contributed by atoms with Crippen LogP contribution in [0.5, 0.6) is 0 Å². The van der Waals surface area contributed by atoms with E-state index >= 15 is 0 Å². The number of pyridine rings is 1. The van der Waals surface area contributed by atoms with E-state index in [-0.39, 0.29) is 5.71 Å². The van der Waals surface area contributed by atoms with Gasteiger partial charge in [0.2, 0.25) is 0 Å². The van der Waals surface area contributed by atoms with Crippen molar-refractivity contribution in [2.24, 2.45) is 0 Å². The van der Waals surface area contributed by atoms with E-state index < -0.39 is 0 Å². The van der Waals surface area contributed by atoms with E-state index in [1.54, 1.807) is 12.4 Å². The molecule has 4 rings (SSSR count). The third kappa shape index (κ3) is 3.63. The number of anilines is 2. The molecule has 27 heavy (non-hydrogen) atoms. The molecule has 0 radical (unpaired) electrons. The van der Waals surface area contributed by atoms with Gasteiger partial charge in [-0.25, -0.2) is 9.97 Å². The Kier molecular flexibility index (Phi) is 4.76. The van der Waals surface area contributed by atoms with Crippen LogP contribution in [0.3, 0.4) is 0 Å². The van der Waals surface area contributed by atoms with Crippen molar-refractivity contribution in [2.45, 2.75) is 0 Å². The number of nitrogen functional groups attached to an aromatic ring is 1. The van der Waals surface area contributed by atoms with Crippen LogP contribution in [0.4, 0.5) is 11.5 Å². The third-order valence-electron chi connectivity index (χ3n) is 4.56. The van der Waals surface area contributed by atoms with Gasteiger partial charge in [0.15, 0.2) is 0 Å². The summed E-state index contributed by atoms with van der Waals surface area (Å²) in [4.78, 5) is 14.9. The van der Waals surface area contributed by atoms with Crippen LogP contribution in [0, 0.1) is 5.41 Å². The minimum atomic E-state index is 0.273. The number of aromatic nitrogens is 3. The monoisotopic (exact) mass is 360 g/mol. The Balaban J connectivity index is 1.66. The highest BCUT2D eigenvalue weighted by Gasteiger charge is 2.16. The molecule has 0 aliphatic carbocycles.